The third-order valence-electron chi connectivity index (χ3n) is 6.10. The van der Waals surface area contributed by atoms with Crippen molar-refractivity contribution >= 4 is 34.5 Å². The Morgan fingerprint density at radius 2 is 1.94 bits per heavy atom. The molecule has 8 heteroatoms. The minimum absolute atomic E-state index is 0.115. The van der Waals surface area contributed by atoms with Crippen molar-refractivity contribution < 1.29 is 14.3 Å². The van der Waals surface area contributed by atoms with Crippen molar-refractivity contribution in [3.05, 3.63) is 77.3 Å². The number of hydrogen-bond acceptors (Lipinski definition) is 6. The van der Waals surface area contributed by atoms with Crippen molar-refractivity contribution in [2.24, 2.45) is 0 Å². The second kappa shape index (κ2) is 9.91. The second-order valence-corrected chi connectivity index (χ2v) is 9.77. The minimum Gasteiger partial charge on any atom is -0.479 e. The number of amides is 2. The van der Waals surface area contributed by atoms with Gasteiger partial charge in [-0.3, -0.25) is 19.5 Å². The zero-order valence-corrected chi connectivity index (χ0v) is 21.1. The third kappa shape index (κ3) is 4.59. The van der Waals surface area contributed by atoms with Crippen LogP contribution in [0.2, 0.25) is 0 Å². The quantitative estimate of drug-likeness (QED) is 0.380. The summed E-state index contributed by atoms with van der Waals surface area (Å²) in [6, 6.07) is 19.1. The van der Waals surface area contributed by atoms with Gasteiger partial charge in [0.05, 0.1) is 17.1 Å². The van der Waals surface area contributed by atoms with Crippen LogP contribution in [0.15, 0.2) is 66.9 Å². The lowest BCUT2D eigenvalue weighted by molar-refractivity contribution is -0.127. The fourth-order valence-electron chi connectivity index (χ4n) is 4.26. The highest BCUT2D eigenvalue weighted by Crippen LogP contribution is 2.40. The maximum atomic E-state index is 13.1. The van der Waals surface area contributed by atoms with Crippen molar-refractivity contribution in [2.75, 3.05) is 16.8 Å². The van der Waals surface area contributed by atoms with Crippen LogP contribution in [-0.4, -0.2) is 34.4 Å². The largest absolute Gasteiger partial charge is 0.479 e. The molecule has 4 aromatic rings. The van der Waals surface area contributed by atoms with Crippen molar-refractivity contribution in [3.63, 3.8) is 0 Å². The lowest BCUT2D eigenvalue weighted by atomic mass is 10.1. The Hall–Kier alpha value is -4.04. The minimum atomic E-state index is -0.684. The fraction of sp³-hybridized carbons (Fsp3) is 0.214. The van der Waals surface area contributed by atoms with E-state index in [0.717, 1.165) is 44.5 Å². The Bertz CT molecular complexity index is 1430. The summed E-state index contributed by atoms with van der Waals surface area (Å²) in [5, 5.41) is 3.79. The van der Waals surface area contributed by atoms with E-state index in [4.69, 9.17) is 9.72 Å². The molecule has 1 aliphatic heterocycles. The number of carbonyl (C=O) groups excluding carboxylic acids is 2. The molecule has 0 saturated carbocycles. The highest BCUT2D eigenvalue weighted by molar-refractivity contribution is 7.15. The molecule has 5 rings (SSSR count). The molecule has 2 aromatic carbocycles. The Labute approximate surface area is 213 Å². The standard InChI is InChI=1S/C28H26N4O3S/c1-4-19-9-5-6-10-21(19)30-25(33)16-32-23-15-20(12-13-24(23)35-17(2)28(32)34)26-18(3)36-27(31-26)22-11-7-8-14-29-22/h5-15,17H,4,16H2,1-3H3,(H,30,33). The molecule has 0 aliphatic carbocycles. The summed E-state index contributed by atoms with van der Waals surface area (Å²) in [7, 11) is 0. The number of hydrogen-bond donors (Lipinski definition) is 1. The summed E-state index contributed by atoms with van der Waals surface area (Å²) in [6.45, 7) is 5.63. The number of carbonyl (C=O) groups is 2. The van der Waals surface area contributed by atoms with Crippen LogP contribution in [0.1, 0.15) is 24.3 Å². The number of para-hydroxylation sites is 1. The summed E-state index contributed by atoms with van der Waals surface area (Å²) < 4.78 is 5.86. The average molecular weight is 499 g/mol. The number of ether oxygens (including phenoxy) is 1. The van der Waals surface area contributed by atoms with Gasteiger partial charge >= 0.3 is 0 Å². The van der Waals surface area contributed by atoms with Crippen LogP contribution in [-0.2, 0) is 16.0 Å². The molecule has 0 saturated heterocycles. The predicted molar refractivity (Wildman–Crippen MR) is 142 cm³/mol. The van der Waals surface area contributed by atoms with Gasteiger partial charge in [-0.05, 0) is 62.2 Å². The number of thiazole rings is 1. The molecule has 0 radical (unpaired) electrons. The summed E-state index contributed by atoms with van der Waals surface area (Å²) >= 11 is 1.57. The van der Waals surface area contributed by atoms with E-state index >= 15 is 0 Å². The van der Waals surface area contributed by atoms with Crippen LogP contribution in [0, 0.1) is 6.92 Å². The van der Waals surface area contributed by atoms with E-state index in [1.54, 1.807) is 24.5 Å². The Balaban J connectivity index is 1.46. The number of fused-ring (bicyclic) bond motifs is 1. The van der Waals surface area contributed by atoms with E-state index < -0.39 is 6.10 Å². The number of rotatable bonds is 6. The number of aryl methyl sites for hydroxylation is 2. The monoisotopic (exact) mass is 498 g/mol. The predicted octanol–water partition coefficient (Wildman–Crippen LogP) is 5.50. The first-order valence-corrected chi connectivity index (χ1v) is 12.6. The van der Waals surface area contributed by atoms with Gasteiger partial charge in [0.2, 0.25) is 5.91 Å². The van der Waals surface area contributed by atoms with Gasteiger partial charge in [-0.2, -0.15) is 0 Å². The maximum absolute atomic E-state index is 13.1. The Kier molecular flexibility index (Phi) is 6.52. The lowest BCUT2D eigenvalue weighted by Gasteiger charge is -2.33. The van der Waals surface area contributed by atoms with Gasteiger partial charge < -0.3 is 10.1 Å². The summed E-state index contributed by atoms with van der Waals surface area (Å²) in [4.78, 5) is 37.9. The van der Waals surface area contributed by atoms with E-state index in [-0.39, 0.29) is 18.4 Å². The summed E-state index contributed by atoms with van der Waals surface area (Å²) in [5.74, 6) is 0.0326. The highest BCUT2D eigenvalue weighted by atomic mass is 32.1. The van der Waals surface area contributed by atoms with Crippen LogP contribution >= 0.6 is 11.3 Å². The molecular weight excluding hydrogens is 472 g/mol. The van der Waals surface area contributed by atoms with E-state index in [9.17, 15) is 9.59 Å². The number of nitrogens with one attached hydrogen (secondary N) is 1. The SMILES string of the molecule is CCc1ccccc1NC(=O)CN1C(=O)C(C)Oc2ccc(-c3nc(-c4ccccn4)sc3C)cc21. The van der Waals surface area contributed by atoms with Gasteiger partial charge in [0.15, 0.2) is 6.10 Å². The van der Waals surface area contributed by atoms with Gasteiger partial charge in [-0.15, -0.1) is 11.3 Å². The molecule has 0 bridgehead atoms. The number of anilines is 2. The van der Waals surface area contributed by atoms with Crippen molar-refractivity contribution in [1.82, 2.24) is 9.97 Å². The molecule has 3 heterocycles. The average Bonchev–Trinajstić information content (AvgIpc) is 3.29. The molecule has 2 amide bonds. The maximum Gasteiger partial charge on any atom is 0.268 e. The van der Waals surface area contributed by atoms with Crippen LogP contribution in [0.3, 0.4) is 0 Å². The van der Waals surface area contributed by atoms with Crippen LogP contribution < -0.4 is 15.0 Å². The lowest BCUT2D eigenvalue weighted by Crippen LogP contribution is -2.47. The first kappa shape index (κ1) is 23.7. The Morgan fingerprint density at radius 1 is 1.14 bits per heavy atom. The molecule has 36 heavy (non-hydrogen) atoms. The summed E-state index contributed by atoms with van der Waals surface area (Å²) in [5.41, 5.74) is 4.83. The molecule has 1 aliphatic rings. The smallest absolute Gasteiger partial charge is 0.268 e. The van der Waals surface area contributed by atoms with Gasteiger partial charge in [-0.1, -0.05) is 31.2 Å². The van der Waals surface area contributed by atoms with Gasteiger partial charge in [-0.25, -0.2) is 4.98 Å². The number of benzene rings is 2. The van der Waals surface area contributed by atoms with E-state index in [1.165, 1.54) is 4.90 Å². The highest BCUT2D eigenvalue weighted by Gasteiger charge is 2.33. The summed E-state index contributed by atoms with van der Waals surface area (Å²) in [6.07, 6.45) is 1.86. The van der Waals surface area contributed by atoms with Crippen LogP contribution in [0.4, 0.5) is 11.4 Å². The molecule has 0 spiro atoms. The number of aromatic nitrogens is 2. The van der Waals surface area contributed by atoms with Gasteiger partial charge in [0.1, 0.15) is 17.3 Å². The molecule has 0 fully saturated rings. The first-order chi connectivity index (χ1) is 17.4. The topological polar surface area (TPSA) is 84.4 Å². The van der Waals surface area contributed by atoms with Gasteiger partial charge in [0.25, 0.3) is 5.91 Å². The third-order valence-corrected chi connectivity index (χ3v) is 7.09. The zero-order chi connectivity index (χ0) is 25.2. The number of nitrogens with zero attached hydrogens (tertiary/aromatic N) is 3. The Morgan fingerprint density at radius 3 is 2.72 bits per heavy atom. The zero-order valence-electron chi connectivity index (χ0n) is 20.3. The molecule has 182 valence electrons. The molecule has 1 atom stereocenters. The van der Waals surface area contributed by atoms with Gasteiger partial charge in [0, 0.05) is 22.3 Å². The van der Waals surface area contributed by atoms with E-state index in [1.807, 2.05) is 74.5 Å². The molecule has 7 nitrogen and oxygen atoms in total. The molecular formula is C28H26N4O3S. The van der Waals surface area contributed by atoms with Crippen molar-refractivity contribution in [1.29, 1.82) is 0 Å². The van der Waals surface area contributed by atoms with E-state index in [2.05, 4.69) is 10.3 Å². The second-order valence-electron chi connectivity index (χ2n) is 8.56. The first-order valence-electron chi connectivity index (χ1n) is 11.8. The van der Waals surface area contributed by atoms with Crippen molar-refractivity contribution in [3.8, 4) is 27.7 Å². The van der Waals surface area contributed by atoms with E-state index in [0.29, 0.717) is 11.4 Å². The molecule has 1 N–H and O–H groups in total. The molecule has 1 unspecified atom stereocenters. The number of pyridine rings is 1. The van der Waals surface area contributed by atoms with Crippen LogP contribution in [0.5, 0.6) is 5.75 Å². The van der Waals surface area contributed by atoms with Crippen molar-refractivity contribution in [2.45, 2.75) is 33.3 Å². The normalized spacial score (nSPS) is 14.8. The van der Waals surface area contributed by atoms with Crippen LogP contribution in [0.25, 0.3) is 22.0 Å². The molecule has 2 aromatic heterocycles. The fourth-order valence-corrected chi connectivity index (χ4v) is 5.18.